The summed E-state index contributed by atoms with van der Waals surface area (Å²) in [7, 11) is 0. The molecule has 1 fully saturated rings. The molecule has 7 heteroatoms. The fourth-order valence-corrected chi connectivity index (χ4v) is 2.47. The van der Waals surface area contributed by atoms with Crippen molar-refractivity contribution in [2.24, 2.45) is 5.92 Å². The molecule has 1 aliphatic rings. The Morgan fingerprint density at radius 3 is 3.22 bits per heavy atom. The highest BCUT2D eigenvalue weighted by Crippen LogP contribution is 2.26. The standard InChI is InChI=1S/C11H16N6O/c12-11-15-9-8(13-6-14-9)10(16-11)17-3-1-2-7(4-17)5-18/h6-7,18H,1-5H2,(H3,12,13,14,15,16). The molecule has 0 aliphatic carbocycles. The number of fused-ring (bicyclic) bond motifs is 1. The maximum absolute atomic E-state index is 9.28. The van der Waals surface area contributed by atoms with Crippen LogP contribution in [0.3, 0.4) is 0 Å². The molecule has 0 bridgehead atoms. The van der Waals surface area contributed by atoms with Crippen LogP contribution in [0.15, 0.2) is 6.33 Å². The van der Waals surface area contributed by atoms with Crippen LogP contribution < -0.4 is 10.6 Å². The maximum atomic E-state index is 9.28. The number of nitrogens with one attached hydrogen (secondary N) is 1. The quantitative estimate of drug-likeness (QED) is 0.698. The van der Waals surface area contributed by atoms with E-state index in [1.165, 1.54) is 0 Å². The molecular weight excluding hydrogens is 232 g/mol. The number of nitrogens with two attached hydrogens (primary N) is 1. The molecule has 0 spiro atoms. The number of nitrogens with zero attached hydrogens (tertiary/aromatic N) is 4. The molecule has 1 saturated heterocycles. The first kappa shape index (κ1) is 11.2. The minimum Gasteiger partial charge on any atom is -0.396 e. The van der Waals surface area contributed by atoms with Gasteiger partial charge in [-0.25, -0.2) is 4.98 Å². The van der Waals surface area contributed by atoms with Crippen LogP contribution >= 0.6 is 0 Å². The van der Waals surface area contributed by atoms with E-state index in [-0.39, 0.29) is 12.6 Å². The van der Waals surface area contributed by atoms with Crippen molar-refractivity contribution in [2.75, 3.05) is 30.3 Å². The number of imidazole rings is 1. The molecule has 2 aromatic heterocycles. The minimum absolute atomic E-state index is 0.211. The van der Waals surface area contributed by atoms with E-state index in [2.05, 4.69) is 24.8 Å². The number of aliphatic hydroxyl groups is 1. The zero-order valence-corrected chi connectivity index (χ0v) is 10.0. The summed E-state index contributed by atoms with van der Waals surface area (Å²) in [6.45, 7) is 1.92. The predicted molar refractivity (Wildman–Crippen MR) is 68.1 cm³/mol. The van der Waals surface area contributed by atoms with Gasteiger partial charge in [-0.05, 0) is 18.8 Å². The van der Waals surface area contributed by atoms with Gasteiger partial charge in [-0.2, -0.15) is 9.97 Å². The van der Waals surface area contributed by atoms with Gasteiger partial charge in [0.2, 0.25) is 5.95 Å². The number of nitrogen functional groups attached to an aromatic ring is 1. The number of aliphatic hydroxyl groups excluding tert-OH is 1. The summed E-state index contributed by atoms with van der Waals surface area (Å²) in [4.78, 5) is 17.7. The van der Waals surface area contributed by atoms with Crippen LogP contribution in [0.1, 0.15) is 12.8 Å². The zero-order chi connectivity index (χ0) is 12.5. The Labute approximate surface area is 104 Å². The summed E-state index contributed by atoms with van der Waals surface area (Å²) in [5.41, 5.74) is 7.10. The molecule has 0 aromatic carbocycles. The third-order valence-corrected chi connectivity index (χ3v) is 3.36. The zero-order valence-electron chi connectivity index (χ0n) is 10.0. The Balaban J connectivity index is 2.00. The van der Waals surface area contributed by atoms with Crippen LogP contribution in [0.4, 0.5) is 11.8 Å². The van der Waals surface area contributed by atoms with Crippen molar-refractivity contribution in [3.05, 3.63) is 6.33 Å². The van der Waals surface area contributed by atoms with Crippen molar-refractivity contribution in [3.63, 3.8) is 0 Å². The van der Waals surface area contributed by atoms with E-state index in [1.807, 2.05) is 0 Å². The summed E-state index contributed by atoms with van der Waals surface area (Å²) >= 11 is 0. The van der Waals surface area contributed by atoms with E-state index in [4.69, 9.17) is 5.73 Å². The van der Waals surface area contributed by atoms with Crippen molar-refractivity contribution in [2.45, 2.75) is 12.8 Å². The highest BCUT2D eigenvalue weighted by Gasteiger charge is 2.23. The lowest BCUT2D eigenvalue weighted by Crippen LogP contribution is -2.37. The summed E-state index contributed by atoms with van der Waals surface area (Å²) in [6.07, 6.45) is 3.69. The first-order chi connectivity index (χ1) is 8.78. The second kappa shape index (κ2) is 4.41. The van der Waals surface area contributed by atoms with Gasteiger partial charge < -0.3 is 20.7 Å². The highest BCUT2D eigenvalue weighted by molar-refractivity contribution is 5.84. The number of anilines is 2. The summed E-state index contributed by atoms with van der Waals surface area (Å²) in [6, 6.07) is 0. The number of hydrogen-bond acceptors (Lipinski definition) is 6. The molecule has 18 heavy (non-hydrogen) atoms. The van der Waals surface area contributed by atoms with Crippen LogP contribution in [-0.4, -0.2) is 44.7 Å². The SMILES string of the molecule is Nc1nc(N2CCCC(CO)C2)c2[nH]cnc2n1. The summed E-state index contributed by atoms with van der Waals surface area (Å²) in [5.74, 6) is 1.32. The van der Waals surface area contributed by atoms with Gasteiger partial charge >= 0.3 is 0 Å². The van der Waals surface area contributed by atoms with Crippen molar-refractivity contribution in [1.29, 1.82) is 0 Å². The Hall–Kier alpha value is -1.89. The van der Waals surface area contributed by atoms with E-state index < -0.39 is 0 Å². The van der Waals surface area contributed by atoms with Crippen molar-refractivity contribution in [3.8, 4) is 0 Å². The molecule has 3 heterocycles. The lowest BCUT2D eigenvalue weighted by molar-refractivity contribution is 0.208. The Morgan fingerprint density at radius 1 is 1.50 bits per heavy atom. The summed E-state index contributed by atoms with van der Waals surface area (Å²) in [5, 5.41) is 9.28. The molecule has 4 N–H and O–H groups in total. The lowest BCUT2D eigenvalue weighted by Gasteiger charge is -2.32. The Bertz CT molecular complexity index is 553. The van der Waals surface area contributed by atoms with Gasteiger partial charge in [0.25, 0.3) is 0 Å². The van der Waals surface area contributed by atoms with E-state index in [0.717, 1.165) is 37.3 Å². The maximum Gasteiger partial charge on any atom is 0.224 e. The van der Waals surface area contributed by atoms with Gasteiger partial charge in [-0.3, -0.25) is 0 Å². The fraction of sp³-hybridized carbons (Fsp3) is 0.545. The molecule has 0 radical (unpaired) electrons. The Kier molecular flexibility index (Phi) is 2.75. The van der Waals surface area contributed by atoms with Crippen LogP contribution in [-0.2, 0) is 0 Å². The van der Waals surface area contributed by atoms with Gasteiger partial charge in [-0.15, -0.1) is 0 Å². The van der Waals surface area contributed by atoms with Gasteiger partial charge in [-0.1, -0.05) is 0 Å². The van der Waals surface area contributed by atoms with E-state index >= 15 is 0 Å². The average Bonchev–Trinajstić information content (AvgIpc) is 2.85. The molecule has 7 nitrogen and oxygen atoms in total. The largest absolute Gasteiger partial charge is 0.396 e. The fourth-order valence-electron chi connectivity index (χ4n) is 2.47. The monoisotopic (exact) mass is 248 g/mol. The van der Waals surface area contributed by atoms with Crippen LogP contribution in [0.25, 0.3) is 11.2 Å². The van der Waals surface area contributed by atoms with Gasteiger partial charge in [0.05, 0.1) is 6.33 Å². The molecule has 1 unspecified atom stereocenters. The van der Waals surface area contributed by atoms with Gasteiger partial charge in [0.15, 0.2) is 11.5 Å². The van der Waals surface area contributed by atoms with Gasteiger partial charge in [0.1, 0.15) is 5.52 Å². The third kappa shape index (κ3) is 1.86. The van der Waals surface area contributed by atoms with Crippen LogP contribution in [0, 0.1) is 5.92 Å². The Morgan fingerprint density at radius 2 is 2.39 bits per heavy atom. The molecule has 0 amide bonds. The molecule has 1 atom stereocenters. The topological polar surface area (TPSA) is 104 Å². The van der Waals surface area contributed by atoms with E-state index in [0.29, 0.717) is 11.6 Å². The minimum atomic E-state index is 0.211. The third-order valence-electron chi connectivity index (χ3n) is 3.36. The van der Waals surface area contributed by atoms with Crippen LogP contribution in [0.5, 0.6) is 0 Å². The first-order valence-electron chi connectivity index (χ1n) is 6.10. The number of aromatic nitrogens is 4. The second-order valence-corrected chi connectivity index (χ2v) is 4.64. The van der Waals surface area contributed by atoms with Crippen molar-refractivity contribution >= 4 is 22.9 Å². The van der Waals surface area contributed by atoms with E-state index in [9.17, 15) is 5.11 Å². The molecular formula is C11H16N6O. The normalized spacial score (nSPS) is 20.5. The molecule has 1 aliphatic heterocycles. The average molecular weight is 248 g/mol. The number of hydrogen-bond donors (Lipinski definition) is 3. The smallest absolute Gasteiger partial charge is 0.224 e. The van der Waals surface area contributed by atoms with Crippen molar-refractivity contribution < 1.29 is 5.11 Å². The van der Waals surface area contributed by atoms with Crippen molar-refractivity contribution in [1.82, 2.24) is 19.9 Å². The van der Waals surface area contributed by atoms with Crippen LogP contribution in [0.2, 0.25) is 0 Å². The number of piperidine rings is 1. The molecule has 0 saturated carbocycles. The number of aromatic amines is 1. The number of H-pyrrole nitrogens is 1. The molecule has 3 rings (SSSR count). The second-order valence-electron chi connectivity index (χ2n) is 4.64. The lowest BCUT2D eigenvalue weighted by atomic mass is 9.99. The molecule has 2 aromatic rings. The first-order valence-corrected chi connectivity index (χ1v) is 6.10. The predicted octanol–water partition coefficient (Wildman–Crippen LogP) is 0.144. The molecule has 96 valence electrons. The van der Waals surface area contributed by atoms with Gasteiger partial charge in [0, 0.05) is 19.7 Å². The summed E-state index contributed by atoms with van der Waals surface area (Å²) < 4.78 is 0. The van der Waals surface area contributed by atoms with E-state index in [1.54, 1.807) is 6.33 Å². The number of rotatable bonds is 2. The highest BCUT2D eigenvalue weighted by atomic mass is 16.3.